The predicted octanol–water partition coefficient (Wildman–Crippen LogP) is -0.774. The second-order valence-corrected chi connectivity index (χ2v) is 6.40. The lowest BCUT2D eigenvalue weighted by Crippen LogP contribution is -2.60. The SMILES string of the molecule is O=C(O)[C@H](CC1CCCCC1)O[C@@H]1[C@@H](O)[C@H](O)O[C@H](CO)[C@@H]1O. The Morgan fingerprint density at radius 1 is 1.13 bits per heavy atom. The van der Waals surface area contributed by atoms with E-state index < -0.39 is 49.4 Å². The van der Waals surface area contributed by atoms with Gasteiger partial charge in [0.1, 0.15) is 24.4 Å². The molecule has 134 valence electrons. The molecule has 0 radical (unpaired) electrons. The molecule has 0 amide bonds. The summed E-state index contributed by atoms with van der Waals surface area (Å²) >= 11 is 0. The molecule has 0 aromatic carbocycles. The lowest BCUT2D eigenvalue weighted by atomic mass is 9.85. The average Bonchev–Trinajstić information content (AvgIpc) is 2.54. The second-order valence-electron chi connectivity index (χ2n) is 6.40. The van der Waals surface area contributed by atoms with Gasteiger partial charge in [-0.25, -0.2) is 4.79 Å². The van der Waals surface area contributed by atoms with Crippen LogP contribution in [-0.2, 0) is 14.3 Å². The van der Waals surface area contributed by atoms with Crippen LogP contribution >= 0.6 is 0 Å². The first-order valence-corrected chi connectivity index (χ1v) is 8.12. The van der Waals surface area contributed by atoms with Crippen molar-refractivity contribution >= 4 is 5.97 Å². The van der Waals surface area contributed by atoms with Crippen LogP contribution in [0.4, 0.5) is 0 Å². The zero-order chi connectivity index (χ0) is 17.0. The van der Waals surface area contributed by atoms with Crippen LogP contribution in [0.2, 0.25) is 0 Å². The number of aliphatic hydroxyl groups is 4. The van der Waals surface area contributed by atoms with Crippen LogP contribution in [0.25, 0.3) is 0 Å². The molecular weight excluding hydrogens is 308 g/mol. The molecule has 1 aliphatic carbocycles. The van der Waals surface area contributed by atoms with Crippen LogP contribution in [0, 0.1) is 5.92 Å². The maximum absolute atomic E-state index is 11.5. The highest BCUT2D eigenvalue weighted by atomic mass is 16.6. The zero-order valence-electron chi connectivity index (χ0n) is 13.0. The van der Waals surface area contributed by atoms with E-state index in [1.807, 2.05) is 0 Å². The van der Waals surface area contributed by atoms with E-state index in [2.05, 4.69) is 0 Å². The number of aliphatic carboxylic acids is 1. The molecule has 0 spiro atoms. The lowest BCUT2D eigenvalue weighted by Gasteiger charge is -2.41. The highest BCUT2D eigenvalue weighted by Gasteiger charge is 2.46. The Kier molecular flexibility index (Phi) is 6.75. The molecule has 0 bridgehead atoms. The number of carbonyl (C=O) groups is 1. The van der Waals surface area contributed by atoms with E-state index >= 15 is 0 Å². The maximum Gasteiger partial charge on any atom is 0.332 e. The quantitative estimate of drug-likeness (QED) is 0.427. The first kappa shape index (κ1) is 18.6. The summed E-state index contributed by atoms with van der Waals surface area (Å²) in [5, 5.41) is 48.1. The van der Waals surface area contributed by atoms with E-state index in [-0.39, 0.29) is 5.92 Å². The Morgan fingerprint density at radius 3 is 2.35 bits per heavy atom. The Morgan fingerprint density at radius 2 is 1.78 bits per heavy atom. The average molecular weight is 334 g/mol. The molecule has 6 atom stereocenters. The van der Waals surface area contributed by atoms with E-state index in [0.717, 1.165) is 32.1 Å². The molecule has 23 heavy (non-hydrogen) atoms. The van der Waals surface area contributed by atoms with Gasteiger partial charge < -0.3 is 35.0 Å². The van der Waals surface area contributed by atoms with Gasteiger partial charge in [-0.1, -0.05) is 32.1 Å². The van der Waals surface area contributed by atoms with E-state index in [0.29, 0.717) is 6.42 Å². The first-order valence-electron chi connectivity index (χ1n) is 8.12. The molecule has 0 aromatic rings. The fraction of sp³-hybridized carbons (Fsp3) is 0.933. The zero-order valence-corrected chi connectivity index (χ0v) is 13.0. The number of carboxylic acids is 1. The molecule has 1 heterocycles. The van der Waals surface area contributed by atoms with E-state index in [1.54, 1.807) is 0 Å². The Hall–Kier alpha value is -0.770. The van der Waals surface area contributed by atoms with Gasteiger partial charge >= 0.3 is 5.97 Å². The van der Waals surface area contributed by atoms with Crippen molar-refractivity contribution in [1.82, 2.24) is 0 Å². The van der Waals surface area contributed by atoms with Crippen molar-refractivity contribution < 1.29 is 39.8 Å². The molecule has 8 heteroatoms. The Bertz CT molecular complexity index is 384. The third-order valence-electron chi connectivity index (χ3n) is 4.71. The third kappa shape index (κ3) is 4.62. The van der Waals surface area contributed by atoms with Crippen molar-refractivity contribution in [3.8, 4) is 0 Å². The van der Waals surface area contributed by atoms with Crippen molar-refractivity contribution in [3.63, 3.8) is 0 Å². The minimum atomic E-state index is -1.65. The third-order valence-corrected chi connectivity index (χ3v) is 4.71. The van der Waals surface area contributed by atoms with E-state index in [1.165, 1.54) is 0 Å². The molecule has 2 fully saturated rings. The molecule has 0 unspecified atom stereocenters. The molecule has 1 saturated heterocycles. The number of aliphatic hydroxyl groups excluding tert-OH is 4. The minimum Gasteiger partial charge on any atom is -0.479 e. The van der Waals surface area contributed by atoms with Crippen LogP contribution in [0.5, 0.6) is 0 Å². The number of ether oxygens (including phenoxy) is 2. The van der Waals surface area contributed by atoms with Crippen molar-refractivity contribution in [2.45, 2.75) is 75.3 Å². The summed E-state index contributed by atoms with van der Waals surface area (Å²) in [4.78, 5) is 11.5. The highest BCUT2D eigenvalue weighted by Crippen LogP contribution is 2.30. The number of rotatable bonds is 6. The fourth-order valence-corrected chi connectivity index (χ4v) is 3.36. The van der Waals surface area contributed by atoms with Gasteiger partial charge in [-0.3, -0.25) is 0 Å². The smallest absolute Gasteiger partial charge is 0.332 e. The van der Waals surface area contributed by atoms with Gasteiger partial charge in [0.2, 0.25) is 0 Å². The summed E-state index contributed by atoms with van der Waals surface area (Å²) in [6.07, 6.45) is -2.86. The number of carboxylic acid groups (broad SMARTS) is 1. The molecule has 2 aliphatic rings. The second kappa shape index (κ2) is 8.36. The summed E-state index contributed by atoms with van der Waals surface area (Å²) in [7, 11) is 0. The molecule has 1 aliphatic heterocycles. The summed E-state index contributed by atoms with van der Waals surface area (Å²) < 4.78 is 10.3. The molecular formula is C15H26O8. The summed E-state index contributed by atoms with van der Waals surface area (Å²) in [6.45, 7) is -0.578. The molecule has 0 aromatic heterocycles. The normalized spacial score (nSPS) is 37.5. The lowest BCUT2D eigenvalue weighted by molar-refractivity contribution is -0.300. The van der Waals surface area contributed by atoms with Gasteiger partial charge in [-0.15, -0.1) is 0 Å². The van der Waals surface area contributed by atoms with E-state index in [4.69, 9.17) is 14.6 Å². The summed E-state index contributed by atoms with van der Waals surface area (Å²) in [5.41, 5.74) is 0. The standard InChI is InChI=1S/C15H26O8/c16-7-10-11(17)13(12(18)15(21)23-10)22-9(14(19)20)6-8-4-2-1-3-5-8/h8-13,15-18,21H,1-7H2,(H,19,20)/t9-,10+,11-,12+,13-,15+/m0/s1. The van der Waals surface area contributed by atoms with Crippen LogP contribution in [0.1, 0.15) is 38.5 Å². The van der Waals surface area contributed by atoms with Crippen LogP contribution < -0.4 is 0 Å². The van der Waals surface area contributed by atoms with Gasteiger partial charge in [0.25, 0.3) is 0 Å². The Labute approximate surface area is 134 Å². The fourth-order valence-electron chi connectivity index (χ4n) is 3.36. The van der Waals surface area contributed by atoms with Crippen molar-refractivity contribution in [1.29, 1.82) is 0 Å². The highest BCUT2D eigenvalue weighted by molar-refractivity contribution is 5.72. The molecule has 8 nitrogen and oxygen atoms in total. The van der Waals surface area contributed by atoms with Gasteiger partial charge in [0, 0.05) is 0 Å². The van der Waals surface area contributed by atoms with Crippen LogP contribution in [-0.4, -0.2) is 74.9 Å². The molecule has 5 N–H and O–H groups in total. The van der Waals surface area contributed by atoms with E-state index in [9.17, 15) is 25.2 Å². The number of hydrogen-bond donors (Lipinski definition) is 5. The Balaban J connectivity index is 2.02. The van der Waals surface area contributed by atoms with Crippen molar-refractivity contribution in [2.24, 2.45) is 5.92 Å². The molecule has 1 saturated carbocycles. The van der Waals surface area contributed by atoms with Gasteiger partial charge in [-0.2, -0.15) is 0 Å². The molecule has 2 rings (SSSR count). The van der Waals surface area contributed by atoms with Gasteiger partial charge in [0.05, 0.1) is 6.61 Å². The largest absolute Gasteiger partial charge is 0.479 e. The summed E-state index contributed by atoms with van der Waals surface area (Å²) in [5.74, 6) is -0.936. The topological polar surface area (TPSA) is 137 Å². The van der Waals surface area contributed by atoms with Gasteiger partial charge in [-0.05, 0) is 12.3 Å². The predicted molar refractivity (Wildman–Crippen MR) is 77.5 cm³/mol. The van der Waals surface area contributed by atoms with Crippen LogP contribution in [0.3, 0.4) is 0 Å². The summed E-state index contributed by atoms with van der Waals surface area (Å²) in [6, 6.07) is 0. The van der Waals surface area contributed by atoms with Crippen molar-refractivity contribution in [3.05, 3.63) is 0 Å². The maximum atomic E-state index is 11.5. The van der Waals surface area contributed by atoms with Crippen molar-refractivity contribution in [2.75, 3.05) is 6.61 Å². The minimum absolute atomic E-state index is 0.234. The number of hydrogen-bond acceptors (Lipinski definition) is 7. The monoisotopic (exact) mass is 334 g/mol. The first-order chi connectivity index (χ1) is 10.9. The van der Waals surface area contributed by atoms with Gasteiger partial charge in [0.15, 0.2) is 12.4 Å². The van der Waals surface area contributed by atoms with Crippen LogP contribution in [0.15, 0.2) is 0 Å².